The van der Waals surface area contributed by atoms with E-state index >= 15 is 0 Å². The Bertz CT molecular complexity index is 491. The smallest absolute Gasteiger partial charge is 0.137 e. The molecule has 3 rings (SSSR count). The monoisotopic (exact) mass is 280 g/mol. The van der Waals surface area contributed by atoms with Gasteiger partial charge in [-0.2, -0.15) is 0 Å². The van der Waals surface area contributed by atoms with Crippen LogP contribution < -0.4 is 4.90 Å². The number of aromatic nitrogens is 2. The van der Waals surface area contributed by atoms with Crippen molar-refractivity contribution < 1.29 is 0 Å². The molecule has 0 aliphatic carbocycles. The van der Waals surface area contributed by atoms with Crippen LogP contribution in [0.3, 0.4) is 0 Å². The Morgan fingerprint density at radius 3 is 2.79 bits per heavy atom. The maximum atomic E-state index is 6.21. The highest BCUT2D eigenvalue weighted by Gasteiger charge is 2.35. The van der Waals surface area contributed by atoms with Gasteiger partial charge in [0.25, 0.3) is 0 Å². The summed E-state index contributed by atoms with van der Waals surface area (Å²) in [5, 5.41) is 0.587. The van der Waals surface area contributed by atoms with E-state index in [4.69, 9.17) is 11.6 Å². The van der Waals surface area contributed by atoms with E-state index in [-0.39, 0.29) is 0 Å². The van der Waals surface area contributed by atoms with Gasteiger partial charge in [0, 0.05) is 30.7 Å². The molecule has 2 fully saturated rings. The minimum Gasteiger partial charge on any atom is -0.351 e. The molecule has 2 aliphatic rings. The van der Waals surface area contributed by atoms with Gasteiger partial charge in [0.15, 0.2) is 0 Å². The van der Waals surface area contributed by atoms with E-state index in [1.54, 1.807) is 0 Å². The topological polar surface area (TPSA) is 32.3 Å². The van der Waals surface area contributed by atoms with Crippen molar-refractivity contribution in [1.82, 2.24) is 14.9 Å². The maximum absolute atomic E-state index is 6.21. The summed E-state index contributed by atoms with van der Waals surface area (Å²) in [5.41, 5.74) is 1.01. The molecule has 2 saturated heterocycles. The number of rotatable bonds is 1. The van der Waals surface area contributed by atoms with Crippen LogP contribution in [0.5, 0.6) is 0 Å². The van der Waals surface area contributed by atoms with E-state index in [9.17, 15) is 0 Å². The van der Waals surface area contributed by atoms with Gasteiger partial charge in [-0.3, -0.25) is 4.90 Å². The first kappa shape index (κ1) is 13.1. The Hall–Kier alpha value is -0.870. The lowest BCUT2D eigenvalue weighted by Gasteiger charge is -2.43. The van der Waals surface area contributed by atoms with Crippen LogP contribution in [0.1, 0.15) is 31.2 Å². The number of aryl methyl sites for hydroxylation is 1. The Morgan fingerprint density at radius 2 is 2.00 bits per heavy atom. The lowest BCUT2D eigenvalue weighted by atomic mass is 10.1. The Kier molecular flexibility index (Phi) is 3.39. The first-order valence-electron chi connectivity index (χ1n) is 7.07. The minimum atomic E-state index is 0.485. The van der Waals surface area contributed by atoms with Crippen LogP contribution in [-0.4, -0.2) is 46.6 Å². The molecular formula is C14H21ClN4. The summed E-state index contributed by atoms with van der Waals surface area (Å²) in [4.78, 5) is 13.9. The molecule has 4 nitrogen and oxygen atoms in total. The third-order valence-electron chi connectivity index (χ3n) is 4.38. The minimum absolute atomic E-state index is 0.485. The lowest BCUT2D eigenvalue weighted by molar-refractivity contribution is 0.202. The average Bonchev–Trinajstić information content (AvgIpc) is 2.80. The first-order chi connectivity index (χ1) is 9.06. The van der Waals surface area contributed by atoms with Gasteiger partial charge in [-0.05, 0) is 40.2 Å². The highest BCUT2D eigenvalue weighted by Crippen LogP contribution is 2.31. The van der Waals surface area contributed by atoms with Crippen molar-refractivity contribution in [2.75, 3.05) is 24.5 Å². The number of fused-ring (bicyclic) bond motifs is 1. The number of hydrogen-bond acceptors (Lipinski definition) is 4. The van der Waals surface area contributed by atoms with Gasteiger partial charge in [0.2, 0.25) is 0 Å². The predicted octanol–water partition coefficient (Wildman–Crippen LogP) is 2.42. The molecule has 104 valence electrons. The molecule has 1 aromatic rings. The van der Waals surface area contributed by atoms with E-state index in [1.807, 2.05) is 13.8 Å². The van der Waals surface area contributed by atoms with E-state index in [2.05, 4.69) is 26.7 Å². The number of piperazine rings is 1. The normalized spacial score (nSPS) is 27.7. The van der Waals surface area contributed by atoms with E-state index < -0.39 is 0 Å². The van der Waals surface area contributed by atoms with Crippen LogP contribution in [-0.2, 0) is 0 Å². The molecule has 0 bridgehead atoms. The summed E-state index contributed by atoms with van der Waals surface area (Å²) in [6.07, 6.45) is 2.63. The molecule has 2 aliphatic heterocycles. The van der Waals surface area contributed by atoms with Crippen molar-refractivity contribution >= 4 is 17.4 Å². The van der Waals surface area contributed by atoms with Crippen molar-refractivity contribution in [3.05, 3.63) is 16.5 Å². The third-order valence-corrected chi connectivity index (χ3v) is 4.75. The second kappa shape index (κ2) is 4.91. The van der Waals surface area contributed by atoms with E-state index in [0.29, 0.717) is 17.2 Å². The lowest BCUT2D eigenvalue weighted by Crippen LogP contribution is -2.55. The van der Waals surface area contributed by atoms with Crippen LogP contribution in [0, 0.1) is 13.8 Å². The maximum Gasteiger partial charge on any atom is 0.137 e. The van der Waals surface area contributed by atoms with Gasteiger partial charge in [0.05, 0.1) is 0 Å². The summed E-state index contributed by atoms with van der Waals surface area (Å²) < 4.78 is 0. The molecule has 19 heavy (non-hydrogen) atoms. The summed E-state index contributed by atoms with van der Waals surface area (Å²) >= 11 is 6.21. The standard InChI is InChI=1S/C14H21ClN4/c1-9-7-18-6-4-5-12(18)8-19(9)14-10(2)13(15)16-11(3)17-14/h9,12H,4-8H2,1-3H3. The van der Waals surface area contributed by atoms with Gasteiger partial charge >= 0.3 is 0 Å². The van der Waals surface area contributed by atoms with E-state index in [1.165, 1.54) is 19.4 Å². The fourth-order valence-electron chi connectivity index (χ4n) is 3.34. The van der Waals surface area contributed by atoms with Crippen LogP contribution >= 0.6 is 11.6 Å². The van der Waals surface area contributed by atoms with Gasteiger partial charge in [-0.15, -0.1) is 0 Å². The van der Waals surface area contributed by atoms with Crippen molar-refractivity contribution in [1.29, 1.82) is 0 Å². The first-order valence-corrected chi connectivity index (χ1v) is 7.45. The molecule has 0 spiro atoms. The summed E-state index contributed by atoms with van der Waals surface area (Å²) in [5.74, 6) is 1.78. The van der Waals surface area contributed by atoms with E-state index in [0.717, 1.165) is 30.3 Å². The second-order valence-corrected chi connectivity index (χ2v) is 6.16. The Morgan fingerprint density at radius 1 is 1.21 bits per heavy atom. The highest BCUT2D eigenvalue weighted by atomic mass is 35.5. The SMILES string of the molecule is Cc1nc(Cl)c(C)c(N2CC3CCCN3CC2C)n1. The number of hydrogen-bond donors (Lipinski definition) is 0. The quantitative estimate of drug-likeness (QED) is 0.740. The molecule has 0 saturated carbocycles. The number of nitrogens with zero attached hydrogens (tertiary/aromatic N) is 4. The molecular weight excluding hydrogens is 260 g/mol. The molecule has 5 heteroatoms. The molecule has 0 amide bonds. The van der Waals surface area contributed by atoms with Crippen LogP contribution in [0.4, 0.5) is 5.82 Å². The zero-order chi connectivity index (χ0) is 13.6. The second-order valence-electron chi connectivity index (χ2n) is 5.80. The van der Waals surface area contributed by atoms with Gasteiger partial charge < -0.3 is 4.90 Å². The number of halogens is 1. The fourth-order valence-corrected chi connectivity index (χ4v) is 3.55. The van der Waals surface area contributed by atoms with Crippen molar-refractivity contribution in [3.8, 4) is 0 Å². The molecule has 0 radical (unpaired) electrons. The molecule has 0 N–H and O–H groups in total. The summed E-state index contributed by atoms with van der Waals surface area (Å²) in [6, 6.07) is 1.17. The highest BCUT2D eigenvalue weighted by molar-refractivity contribution is 6.30. The van der Waals surface area contributed by atoms with Gasteiger partial charge in [-0.25, -0.2) is 9.97 Å². The van der Waals surface area contributed by atoms with Crippen LogP contribution in [0.15, 0.2) is 0 Å². The summed E-state index contributed by atoms with van der Waals surface area (Å²) in [7, 11) is 0. The van der Waals surface area contributed by atoms with Crippen molar-refractivity contribution in [2.45, 2.75) is 45.7 Å². The van der Waals surface area contributed by atoms with Crippen LogP contribution in [0.2, 0.25) is 5.15 Å². The fraction of sp³-hybridized carbons (Fsp3) is 0.714. The Balaban J connectivity index is 1.93. The molecule has 0 aromatic carbocycles. The molecule has 3 heterocycles. The van der Waals surface area contributed by atoms with Crippen molar-refractivity contribution in [3.63, 3.8) is 0 Å². The molecule has 2 atom stereocenters. The zero-order valence-corrected chi connectivity index (χ0v) is 12.6. The predicted molar refractivity (Wildman–Crippen MR) is 77.9 cm³/mol. The average molecular weight is 281 g/mol. The number of anilines is 1. The Labute approximate surface area is 119 Å². The zero-order valence-electron chi connectivity index (χ0n) is 11.9. The van der Waals surface area contributed by atoms with Gasteiger partial charge in [-0.1, -0.05) is 11.6 Å². The van der Waals surface area contributed by atoms with Gasteiger partial charge in [0.1, 0.15) is 16.8 Å². The van der Waals surface area contributed by atoms with Crippen molar-refractivity contribution in [2.24, 2.45) is 0 Å². The summed E-state index contributed by atoms with van der Waals surface area (Å²) in [6.45, 7) is 9.65. The third kappa shape index (κ3) is 2.32. The largest absolute Gasteiger partial charge is 0.351 e. The van der Waals surface area contributed by atoms with Crippen LogP contribution in [0.25, 0.3) is 0 Å². The molecule has 1 aromatic heterocycles. The molecule has 2 unspecified atom stereocenters.